The van der Waals surface area contributed by atoms with Crippen LogP contribution in [0.2, 0.25) is 0 Å². The Balaban J connectivity index is 2.00. The number of ether oxygens (including phenoxy) is 1. The van der Waals surface area contributed by atoms with Gasteiger partial charge in [0.25, 0.3) is 0 Å². The minimum absolute atomic E-state index is 0.142. The fourth-order valence-corrected chi connectivity index (χ4v) is 1.71. The van der Waals surface area contributed by atoms with Crippen LogP contribution in [0.15, 0.2) is 67.3 Å². The highest BCUT2D eigenvalue weighted by molar-refractivity contribution is 5.21. The molecule has 2 aromatic rings. The van der Waals surface area contributed by atoms with Crippen LogP contribution in [0.1, 0.15) is 17.2 Å². The lowest BCUT2D eigenvalue weighted by molar-refractivity contribution is 0.0720. The SMILES string of the molecule is C=C[C@@H](OCc1ccc(F)cc1)c1ccccc1. The molecule has 0 radical (unpaired) electrons. The van der Waals surface area contributed by atoms with Crippen molar-refractivity contribution in [3.63, 3.8) is 0 Å². The lowest BCUT2D eigenvalue weighted by atomic mass is 10.1. The average molecular weight is 242 g/mol. The molecule has 0 bridgehead atoms. The van der Waals surface area contributed by atoms with Gasteiger partial charge < -0.3 is 4.74 Å². The van der Waals surface area contributed by atoms with Crippen molar-refractivity contribution in [2.45, 2.75) is 12.7 Å². The summed E-state index contributed by atoms with van der Waals surface area (Å²) in [6.45, 7) is 4.22. The molecule has 2 heteroatoms. The molecule has 0 saturated carbocycles. The Labute approximate surface area is 107 Å². The molecule has 0 spiro atoms. The Morgan fingerprint density at radius 3 is 2.33 bits per heavy atom. The molecular formula is C16H15FO. The summed E-state index contributed by atoms with van der Waals surface area (Å²) in [5.41, 5.74) is 2.01. The van der Waals surface area contributed by atoms with Crippen molar-refractivity contribution in [2.24, 2.45) is 0 Å². The average Bonchev–Trinajstić information content (AvgIpc) is 2.43. The van der Waals surface area contributed by atoms with Crippen molar-refractivity contribution in [3.8, 4) is 0 Å². The fourth-order valence-electron chi connectivity index (χ4n) is 1.71. The van der Waals surface area contributed by atoms with Gasteiger partial charge in [0.2, 0.25) is 0 Å². The summed E-state index contributed by atoms with van der Waals surface area (Å²) in [6.07, 6.45) is 1.62. The minimum atomic E-state index is -0.234. The van der Waals surface area contributed by atoms with Gasteiger partial charge in [0.15, 0.2) is 0 Å². The molecule has 0 aliphatic rings. The molecule has 0 aliphatic carbocycles. The Kier molecular flexibility index (Phi) is 4.26. The van der Waals surface area contributed by atoms with Gasteiger partial charge >= 0.3 is 0 Å². The van der Waals surface area contributed by atoms with E-state index in [1.807, 2.05) is 30.3 Å². The molecule has 0 amide bonds. The maximum Gasteiger partial charge on any atom is 0.123 e. The van der Waals surface area contributed by atoms with Crippen LogP contribution in [0.5, 0.6) is 0 Å². The van der Waals surface area contributed by atoms with E-state index >= 15 is 0 Å². The Bertz CT molecular complexity index is 490. The van der Waals surface area contributed by atoms with E-state index in [-0.39, 0.29) is 11.9 Å². The van der Waals surface area contributed by atoms with Crippen LogP contribution in [0.4, 0.5) is 4.39 Å². The van der Waals surface area contributed by atoms with Gasteiger partial charge in [-0.15, -0.1) is 6.58 Å². The van der Waals surface area contributed by atoms with Gasteiger partial charge in [0.05, 0.1) is 6.61 Å². The molecule has 92 valence electrons. The summed E-state index contributed by atoms with van der Waals surface area (Å²) in [5.74, 6) is -0.234. The van der Waals surface area contributed by atoms with Crippen LogP contribution in [0.3, 0.4) is 0 Å². The molecule has 1 nitrogen and oxygen atoms in total. The van der Waals surface area contributed by atoms with Crippen molar-refractivity contribution in [1.82, 2.24) is 0 Å². The summed E-state index contributed by atoms with van der Waals surface area (Å²) in [4.78, 5) is 0. The van der Waals surface area contributed by atoms with Gasteiger partial charge in [-0.3, -0.25) is 0 Å². The molecule has 0 N–H and O–H groups in total. The van der Waals surface area contributed by atoms with E-state index in [2.05, 4.69) is 6.58 Å². The summed E-state index contributed by atoms with van der Waals surface area (Å²) >= 11 is 0. The number of halogens is 1. The van der Waals surface area contributed by atoms with Crippen LogP contribution in [-0.4, -0.2) is 0 Å². The molecule has 1 atom stereocenters. The third kappa shape index (κ3) is 3.28. The summed E-state index contributed by atoms with van der Waals surface area (Å²) in [6, 6.07) is 16.2. The van der Waals surface area contributed by atoms with E-state index in [9.17, 15) is 4.39 Å². The molecule has 18 heavy (non-hydrogen) atoms. The van der Waals surface area contributed by atoms with Gasteiger partial charge in [0, 0.05) is 0 Å². The first kappa shape index (κ1) is 12.5. The third-order valence-corrected chi connectivity index (χ3v) is 2.68. The maximum absolute atomic E-state index is 12.8. The second-order valence-electron chi connectivity index (χ2n) is 4.00. The lowest BCUT2D eigenvalue weighted by Crippen LogP contribution is -2.01. The van der Waals surface area contributed by atoms with Crippen molar-refractivity contribution >= 4 is 0 Å². The maximum atomic E-state index is 12.8. The second kappa shape index (κ2) is 6.12. The molecule has 0 aromatic heterocycles. The van der Waals surface area contributed by atoms with Crippen LogP contribution < -0.4 is 0 Å². The van der Waals surface area contributed by atoms with E-state index in [4.69, 9.17) is 4.74 Å². The molecule has 0 fully saturated rings. The largest absolute Gasteiger partial charge is 0.365 e. The zero-order chi connectivity index (χ0) is 12.8. The first-order valence-corrected chi connectivity index (χ1v) is 5.83. The van der Waals surface area contributed by atoms with Gasteiger partial charge in [-0.2, -0.15) is 0 Å². The van der Waals surface area contributed by atoms with Gasteiger partial charge in [-0.1, -0.05) is 48.5 Å². The van der Waals surface area contributed by atoms with Crippen molar-refractivity contribution < 1.29 is 9.13 Å². The monoisotopic (exact) mass is 242 g/mol. The summed E-state index contributed by atoms with van der Waals surface area (Å²) in [5, 5.41) is 0. The molecule has 0 aliphatic heterocycles. The van der Waals surface area contributed by atoms with Crippen LogP contribution >= 0.6 is 0 Å². The lowest BCUT2D eigenvalue weighted by Gasteiger charge is -2.14. The predicted octanol–water partition coefficient (Wildman–Crippen LogP) is 4.27. The number of benzene rings is 2. The smallest absolute Gasteiger partial charge is 0.123 e. The first-order valence-electron chi connectivity index (χ1n) is 5.83. The highest BCUT2D eigenvalue weighted by Crippen LogP contribution is 2.19. The van der Waals surface area contributed by atoms with E-state index in [0.717, 1.165) is 11.1 Å². The molecule has 0 saturated heterocycles. The predicted molar refractivity (Wildman–Crippen MR) is 70.6 cm³/mol. The van der Waals surface area contributed by atoms with Gasteiger partial charge in [-0.05, 0) is 23.3 Å². The van der Waals surface area contributed by atoms with Crippen molar-refractivity contribution in [2.75, 3.05) is 0 Å². The van der Waals surface area contributed by atoms with Crippen molar-refractivity contribution in [1.29, 1.82) is 0 Å². The summed E-state index contributed by atoms with van der Waals surface area (Å²) in [7, 11) is 0. The highest BCUT2D eigenvalue weighted by atomic mass is 19.1. The Morgan fingerprint density at radius 1 is 1.06 bits per heavy atom. The summed E-state index contributed by atoms with van der Waals surface area (Å²) < 4.78 is 18.5. The Hall–Kier alpha value is -1.93. The van der Waals surface area contributed by atoms with E-state index in [1.165, 1.54) is 12.1 Å². The molecule has 0 unspecified atom stereocenters. The molecule has 2 rings (SSSR count). The quantitative estimate of drug-likeness (QED) is 0.711. The Morgan fingerprint density at radius 2 is 1.72 bits per heavy atom. The second-order valence-corrected chi connectivity index (χ2v) is 4.00. The van der Waals surface area contributed by atoms with Crippen molar-refractivity contribution in [3.05, 3.63) is 84.2 Å². The van der Waals surface area contributed by atoms with Crippen LogP contribution in [0, 0.1) is 5.82 Å². The zero-order valence-electron chi connectivity index (χ0n) is 10.1. The van der Waals surface area contributed by atoms with Crippen LogP contribution in [-0.2, 0) is 11.3 Å². The topological polar surface area (TPSA) is 9.23 Å². The fraction of sp³-hybridized carbons (Fsp3) is 0.125. The highest BCUT2D eigenvalue weighted by Gasteiger charge is 2.07. The van der Waals surface area contributed by atoms with E-state index in [0.29, 0.717) is 6.61 Å². The van der Waals surface area contributed by atoms with Crippen LogP contribution in [0.25, 0.3) is 0 Å². The molecule has 0 heterocycles. The standard InChI is InChI=1S/C16H15FO/c1-2-16(14-6-4-3-5-7-14)18-12-13-8-10-15(17)11-9-13/h2-11,16H,1,12H2/t16-/m1/s1. The number of hydrogen-bond donors (Lipinski definition) is 0. The minimum Gasteiger partial charge on any atom is -0.365 e. The van der Waals surface area contributed by atoms with E-state index < -0.39 is 0 Å². The third-order valence-electron chi connectivity index (χ3n) is 2.68. The number of hydrogen-bond acceptors (Lipinski definition) is 1. The molecular weight excluding hydrogens is 227 g/mol. The van der Waals surface area contributed by atoms with Gasteiger partial charge in [0.1, 0.15) is 11.9 Å². The normalized spacial score (nSPS) is 12.1. The first-order chi connectivity index (χ1) is 8.79. The zero-order valence-corrected chi connectivity index (χ0v) is 10.1. The van der Waals surface area contributed by atoms with Gasteiger partial charge in [-0.25, -0.2) is 4.39 Å². The number of rotatable bonds is 5. The van der Waals surface area contributed by atoms with E-state index in [1.54, 1.807) is 18.2 Å². The molecule has 2 aromatic carbocycles.